The Bertz CT molecular complexity index is 798. The first-order valence-corrected chi connectivity index (χ1v) is 9.18. The molecule has 0 spiro atoms. The third kappa shape index (κ3) is 3.55. The zero-order chi connectivity index (χ0) is 17.9. The van der Waals surface area contributed by atoms with Crippen LogP contribution in [0.2, 0.25) is 0 Å². The minimum atomic E-state index is 0.334. The molecule has 3 heterocycles. The maximum Gasteiger partial charge on any atom is 0.227 e. The number of benzene rings is 1. The van der Waals surface area contributed by atoms with Gasteiger partial charge in [-0.05, 0) is 17.5 Å². The number of piperidine rings is 1. The van der Waals surface area contributed by atoms with Crippen molar-refractivity contribution in [1.82, 2.24) is 9.97 Å². The molecule has 6 nitrogen and oxygen atoms in total. The third-order valence-corrected chi connectivity index (χ3v) is 5.10. The van der Waals surface area contributed by atoms with Gasteiger partial charge in [0.25, 0.3) is 0 Å². The molecule has 0 atom stereocenters. The van der Waals surface area contributed by atoms with Gasteiger partial charge >= 0.3 is 0 Å². The summed E-state index contributed by atoms with van der Waals surface area (Å²) in [6.45, 7) is 3.64. The SMILES string of the molecule is COCc1cc(N2CCC(=O)CC2)nc(N2CCc3ccccc3C2)n1. The van der Waals surface area contributed by atoms with Crippen LogP contribution in [0.15, 0.2) is 30.3 Å². The highest BCUT2D eigenvalue weighted by atomic mass is 16.5. The fourth-order valence-electron chi connectivity index (χ4n) is 3.65. The van der Waals surface area contributed by atoms with E-state index in [1.54, 1.807) is 7.11 Å². The minimum Gasteiger partial charge on any atom is -0.378 e. The van der Waals surface area contributed by atoms with Crippen molar-refractivity contribution >= 4 is 17.5 Å². The van der Waals surface area contributed by atoms with Crippen LogP contribution in [0.4, 0.5) is 11.8 Å². The van der Waals surface area contributed by atoms with Crippen molar-refractivity contribution in [3.05, 3.63) is 47.2 Å². The van der Waals surface area contributed by atoms with E-state index < -0.39 is 0 Å². The first kappa shape index (κ1) is 17.0. The van der Waals surface area contributed by atoms with Crippen LogP contribution in [-0.4, -0.2) is 42.5 Å². The molecule has 6 heteroatoms. The van der Waals surface area contributed by atoms with Gasteiger partial charge in [-0.2, -0.15) is 4.98 Å². The number of nitrogens with zero attached hydrogens (tertiary/aromatic N) is 4. The van der Waals surface area contributed by atoms with E-state index in [9.17, 15) is 4.79 Å². The number of ether oxygens (including phenoxy) is 1. The Balaban J connectivity index is 1.62. The molecule has 2 aromatic rings. The number of carbonyl (C=O) groups is 1. The molecule has 1 aromatic heterocycles. The van der Waals surface area contributed by atoms with Crippen LogP contribution in [0.3, 0.4) is 0 Å². The van der Waals surface area contributed by atoms with Crippen molar-refractivity contribution in [3.8, 4) is 0 Å². The molecule has 1 fully saturated rings. The summed E-state index contributed by atoms with van der Waals surface area (Å²) in [5.41, 5.74) is 3.62. The van der Waals surface area contributed by atoms with Crippen LogP contribution in [0, 0.1) is 0 Å². The number of methoxy groups -OCH3 is 1. The van der Waals surface area contributed by atoms with Crippen molar-refractivity contribution in [2.24, 2.45) is 0 Å². The molecule has 136 valence electrons. The molecule has 0 aliphatic carbocycles. The Morgan fingerprint density at radius 1 is 1.00 bits per heavy atom. The summed E-state index contributed by atoms with van der Waals surface area (Å²) in [5.74, 6) is 1.98. The number of fused-ring (bicyclic) bond motifs is 1. The van der Waals surface area contributed by atoms with Crippen LogP contribution >= 0.6 is 0 Å². The van der Waals surface area contributed by atoms with Gasteiger partial charge in [-0.15, -0.1) is 0 Å². The highest BCUT2D eigenvalue weighted by Crippen LogP contribution is 2.25. The average molecular weight is 352 g/mol. The second kappa shape index (κ2) is 7.41. The van der Waals surface area contributed by atoms with E-state index in [0.29, 0.717) is 25.2 Å². The second-order valence-corrected chi connectivity index (χ2v) is 6.92. The van der Waals surface area contributed by atoms with Crippen LogP contribution in [-0.2, 0) is 29.1 Å². The molecule has 0 amide bonds. The molecule has 0 N–H and O–H groups in total. The van der Waals surface area contributed by atoms with Gasteiger partial charge in [0.15, 0.2) is 0 Å². The lowest BCUT2D eigenvalue weighted by molar-refractivity contribution is -0.119. The maximum absolute atomic E-state index is 11.6. The molecular weight excluding hydrogens is 328 g/mol. The first-order valence-electron chi connectivity index (χ1n) is 9.18. The molecular formula is C20H24N4O2. The summed E-state index contributed by atoms with van der Waals surface area (Å²) in [6.07, 6.45) is 2.19. The molecule has 0 unspecified atom stereocenters. The Hall–Kier alpha value is -2.47. The number of Topliss-reactive ketones (excluding diaryl/α,β-unsaturated/α-hetero) is 1. The highest BCUT2D eigenvalue weighted by molar-refractivity contribution is 5.80. The van der Waals surface area contributed by atoms with Crippen molar-refractivity contribution in [2.45, 2.75) is 32.4 Å². The number of hydrogen-bond acceptors (Lipinski definition) is 6. The topological polar surface area (TPSA) is 58.6 Å². The predicted molar refractivity (Wildman–Crippen MR) is 100 cm³/mol. The van der Waals surface area contributed by atoms with Crippen LogP contribution in [0.25, 0.3) is 0 Å². The van der Waals surface area contributed by atoms with Gasteiger partial charge in [-0.25, -0.2) is 4.98 Å². The molecule has 0 saturated carbocycles. The Morgan fingerprint density at radius 2 is 1.73 bits per heavy atom. The lowest BCUT2D eigenvalue weighted by atomic mass is 10.0. The highest BCUT2D eigenvalue weighted by Gasteiger charge is 2.22. The van der Waals surface area contributed by atoms with E-state index in [1.165, 1.54) is 11.1 Å². The number of rotatable bonds is 4. The van der Waals surface area contributed by atoms with Crippen molar-refractivity contribution in [1.29, 1.82) is 0 Å². The van der Waals surface area contributed by atoms with E-state index in [-0.39, 0.29) is 0 Å². The molecule has 2 aliphatic rings. The Morgan fingerprint density at radius 3 is 2.50 bits per heavy atom. The summed E-state index contributed by atoms with van der Waals surface area (Å²) in [7, 11) is 1.68. The van der Waals surface area contributed by atoms with Gasteiger partial charge in [0.1, 0.15) is 11.6 Å². The zero-order valence-electron chi connectivity index (χ0n) is 15.1. The molecule has 0 bridgehead atoms. The normalized spacial score (nSPS) is 17.3. The van der Waals surface area contributed by atoms with Gasteiger partial charge in [0.2, 0.25) is 5.95 Å². The first-order chi connectivity index (χ1) is 12.7. The average Bonchev–Trinajstić information content (AvgIpc) is 2.68. The minimum absolute atomic E-state index is 0.334. The van der Waals surface area contributed by atoms with Gasteiger partial charge < -0.3 is 14.5 Å². The van der Waals surface area contributed by atoms with Crippen molar-refractivity contribution in [3.63, 3.8) is 0 Å². The van der Waals surface area contributed by atoms with E-state index in [2.05, 4.69) is 34.1 Å². The van der Waals surface area contributed by atoms with Crippen molar-refractivity contribution < 1.29 is 9.53 Å². The number of anilines is 2. The van der Waals surface area contributed by atoms with E-state index in [1.807, 2.05) is 6.07 Å². The molecule has 26 heavy (non-hydrogen) atoms. The number of ketones is 1. The van der Waals surface area contributed by atoms with Crippen LogP contribution in [0.5, 0.6) is 0 Å². The van der Waals surface area contributed by atoms with E-state index in [4.69, 9.17) is 14.7 Å². The van der Waals surface area contributed by atoms with Crippen LogP contribution in [0.1, 0.15) is 29.7 Å². The fourth-order valence-corrected chi connectivity index (χ4v) is 3.65. The number of carbonyl (C=O) groups excluding carboxylic acids is 1. The molecule has 4 rings (SSSR count). The smallest absolute Gasteiger partial charge is 0.227 e. The van der Waals surface area contributed by atoms with E-state index >= 15 is 0 Å². The molecule has 0 radical (unpaired) electrons. The lowest BCUT2D eigenvalue weighted by Gasteiger charge is -2.31. The number of hydrogen-bond donors (Lipinski definition) is 0. The summed E-state index contributed by atoms with van der Waals surface area (Å²) in [4.78, 5) is 25.5. The summed E-state index contributed by atoms with van der Waals surface area (Å²) < 4.78 is 5.30. The Kier molecular flexibility index (Phi) is 4.84. The lowest BCUT2D eigenvalue weighted by Crippen LogP contribution is -2.36. The van der Waals surface area contributed by atoms with E-state index in [0.717, 1.165) is 50.1 Å². The molecule has 1 aromatic carbocycles. The maximum atomic E-state index is 11.6. The third-order valence-electron chi connectivity index (χ3n) is 5.10. The van der Waals surface area contributed by atoms with Gasteiger partial charge in [0, 0.05) is 52.2 Å². The largest absolute Gasteiger partial charge is 0.378 e. The number of aromatic nitrogens is 2. The quantitative estimate of drug-likeness (QED) is 0.842. The van der Waals surface area contributed by atoms with Crippen LogP contribution < -0.4 is 9.80 Å². The molecule has 1 saturated heterocycles. The summed E-state index contributed by atoms with van der Waals surface area (Å²) in [5, 5.41) is 0. The standard InChI is InChI=1S/C20H24N4O2/c1-26-14-17-12-19(23-10-7-18(25)8-11-23)22-20(21-17)24-9-6-15-4-2-3-5-16(15)13-24/h2-5,12H,6-11,13-14H2,1H3. The van der Waals surface area contributed by atoms with Gasteiger partial charge in [0.05, 0.1) is 12.3 Å². The van der Waals surface area contributed by atoms with Gasteiger partial charge in [-0.1, -0.05) is 24.3 Å². The second-order valence-electron chi connectivity index (χ2n) is 6.92. The fraction of sp³-hybridized carbons (Fsp3) is 0.450. The Labute approximate surface area is 153 Å². The summed E-state index contributed by atoms with van der Waals surface area (Å²) in [6, 6.07) is 10.5. The summed E-state index contributed by atoms with van der Waals surface area (Å²) >= 11 is 0. The predicted octanol–water partition coefficient (Wildman–Crippen LogP) is 2.36. The van der Waals surface area contributed by atoms with Gasteiger partial charge in [-0.3, -0.25) is 4.79 Å². The zero-order valence-corrected chi connectivity index (χ0v) is 15.1. The van der Waals surface area contributed by atoms with Crippen molar-refractivity contribution in [2.75, 3.05) is 36.5 Å². The monoisotopic (exact) mass is 352 g/mol. The molecule has 2 aliphatic heterocycles.